The molecule has 0 atom stereocenters. The van der Waals surface area contributed by atoms with Gasteiger partial charge in [-0.3, -0.25) is 0 Å². The highest BCUT2D eigenvalue weighted by atomic mass is 15.2. The Balaban J connectivity index is 2.09. The molecule has 1 aliphatic rings. The van der Waals surface area contributed by atoms with Gasteiger partial charge in [0.2, 0.25) is 5.95 Å². The minimum absolute atomic E-state index is 0.369. The zero-order valence-corrected chi connectivity index (χ0v) is 11.9. The van der Waals surface area contributed by atoms with E-state index in [0.29, 0.717) is 17.4 Å². The summed E-state index contributed by atoms with van der Waals surface area (Å²) >= 11 is 0. The van der Waals surface area contributed by atoms with E-state index in [0.717, 1.165) is 11.5 Å². The van der Waals surface area contributed by atoms with Gasteiger partial charge in [-0.2, -0.15) is 4.98 Å². The number of hydrogen-bond acceptors (Lipinski definition) is 4. The number of rotatable bonds is 2. The topological polar surface area (TPSA) is 55.0 Å². The fourth-order valence-corrected chi connectivity index (χ4v) is 2.71. The lowest BCUT2D eigenvalue weighted by Crippen LogP contribution is -2.37. The summed E-state index contributed by atoms with van der Waals surface area (Å²) in [6.45, 7) is 6.67. The van der Waals surface area contributed by atoms with Gasteiger partial charge in [-0.05, 0) is 38.0 Å². The van der Waals surface area contributed by atoms with E-state index in [1.807, 2.05) is 13.0 Å². The van der Waals surface area contributed by atoms with Crippen molar-refractivity contribution in [3.63, 3.8) is 0 Å². The van der Waals surface area contributed by atoms with Crippen molar-refractivity contribution in [2.24, 2.45) is 5.41 Å². The third kappa shape index (κ3) is 2.92. The fraction of sp³-hybridized carbons (Fsp3) is 0.714. The Hall–Kier alpha value is -1.32. The molecule has 0 saturated heterocycles. The van der Waals surface area contributed by atoms with Crippen molar-refractivity contribution in [1.29, 1.82) is 0 Å². The molecule has 100 valence electrons. The molecule has 1 aromatic heterocycles. The van der Waals surface area contributed by atoms with E-state index in [1.165, 1.54) is 25.7 Å². The second-order valence-corrected chi connectivity index (χ2v) is 6.23. The molecule has 2 rings (SSSR count). The molecule has 4 nitrogen and oxygen atoms in total. The molecular weight excluding hydrogens is 224 g/mol. The summed E-state index contributed by atoms with van der Waals surface area (Å²) in [5.41, 5.74) is 7.15. The Labute approximate surface area is 110 Å². The maximum Gasteiger partial charge on any atom is 0.222 e. The van der Waals surface area contributed by atoms with Gasteiger partial charge in [0.25, 0.3) is 0 Å². The number of nitrogens with two attached hydrogens (primary N) is 1. The Bertz CT molecular complexity index is 398. The van der Waals surface area contributed by atoms with Crippen LogP contribution in [-0.2, 0) is 0 Å². The highest BCUT2D eigenvalue weighted by Crippen LogP contribution is 2.37. The van der Waals surface area contributed by atoms with Crippen molar-refractivity contribution in [1.82, 2.24) is 9.97 Å². The molecule has 4 heteroatoms. The summed E-state index contributed by atoms with van der Waals surface area (Å²) in [5, 5.41) is 0. The largest absolute Gasteiger partial charge is 0.368 e. The van der Waals surface area contributed by atoms with Gasteiger partial charge in [0.05, 0.1) is 0 Å². The van der Waals surface area contributed by atoms with Crippen LogP contribution in [0.25, 0.3) is 0 Å². The van der Waals surface area contributed by atoms with Crippen molar-refractivity contribution >= 4 is 11.8 Å². The van der Waals surface area contributed by atoms with Crippen LogP contribution in [0.3, 0.4) is 0 Å². The Morgan fingerprint density at radius 2 is 1.89 bits per heavy atom. The molecule has 0 aromatic carbocycles. The molecule has 1 saturated carbocycles. The molecular formula is C14H24N4. The summed E-state index contributed by atoms with van der Waals surface area (Å²) in [7, 11) is 2.12. The van der Waals surface area contributed by atoms with Gasteiger partial charge >= 0.3 is 0 Å². The maximum absolute atomic E-state index is 5.72. The number of nitrogens with zero attached hydrogens (tertiary/aromatic N) is 3. The van der Waals surface area contributed by atoms with Gasteiger partial charge in [0, 0.05) is 24.8 Å². The van der Waals surface area contributed by atoms with E-state index >= 15 is 0 Å². The van der Waals surface area contributed by atoms with Crippen LogP contribution in [0, 0.1) is 12.3 Å². The van der Waals surface area contributed by atoms with Gasteiger partial charge in [-0.15, -0.1) is 0 Å². The number of anilines is 2. The van der Waals surface area contributed by atoms with E-state index in [-0.39, 0.29) is 0 Å². The van der Waals surface area contributed by atoms with E-state index < -0.39 is 0 Å². The normalized spacial score (nSPS) is 19.8. The molecule has 0 amide bonds. The first-order valence-electron chi connectivity index (χ1n) is 6.71. The molecule has 0 unspecified atom stereocenters. The molecule has 18 heavy (non-hydrogen) atoms. The molecule has 1 fully saturated rings. The van der Waals surface area contributed by atoms with E-state index in [9.17, 15) is 0 Å². The number of nitrogen functional groups attached to an aromatic ring is 1. The SMILES string of the molecule is Cc1cc(N(C)C2CCC(C)(C)CC2)nc(N)n1. The van der Waals surface area contributed by atoms with Crippen LogP contribution in [0.1, 0.15) is 45.2 Å². The van der Waals surface area contributed by atoms with Crippen LogP contribution in [0.4, 0.5) is 11.8 Å². The van der Waals surface area contributed by atoms with Crippen LogP contribution in [0.5, 0.6) is 0 Å². The van der Waals surface area contributed by atoms with Gasteiger partial charge in [0.15, 0.2) is 0 Å². The van der Waals surface area contributed by atoms with E-state index in [2.05, 4.69) is 35.8 Å². The summed E-state index contributed by atoms with van der Waals surface area (Å²) in [4.78, 5) is 10.7. The van der Waals surface area contributed by atoms with Crippen molar-refractivity contribution in [2.75, 3.05) is 17.7 Å². The first kappa shape index (κ1) is 13.1. The number of hydrogen-bond donors (Lipinski definition) is 1. The van der Waals surface area contributed by atoms with Crippen LogP contribution in [0.15, 0.2) is 6.07 Å². The zero-order valence-electron chi connectivity index (χ0n) is 11.9. The minimum Gasteiger partial charge on any atom is -0.368 e. The maximum atomic E-state index is 5.72. The molecule has 0 aliphatic heterocycles. The highest BCUT2D eigenvalue weighted by Gasteiger charge is 2.29. The molecule has 2 N–H and O–H groups in total. The standard InChI is InChI=1S/C14H24N4/c1-10-9-12(17-13(15)16-10)18(4)11-5-7-14(2,3)8-6-11/h9,11H,5-8H2,1-4H3,(H2,15,16,17). The van der Waals surface area contributed by atoms with E-state index in [1.54, 1.807) is 0 Å². The summed E-state index contributed by atoms with van der Waals surface area (Å²) in [6, 6.07) is 2.59. The quantitative estimate of drug-likeness (QED) is 0.874. The first-order valence-corrected chi connectivity index (χ1v) is 6.71. The fourth-order valence-electron chi connectivity index (χ4n) is 2.71. The van der Waals surface area contributed by atoms with Crippen LogP contribution >= 0.6 is 0 Å². The highest BCUT2D eigenvalue weighted by molar-refractivity contribution is 5.43. The first-order chi connectivity index (χ1) is 8.37. The van der Waals surface area contributed by atoms with Crippen molar-refractivity contribution < 1.29 is 0 Å². The monoisotopic (exact) mass is 248 g/mol. The third-order valence-electron chi connectivity index (χ3n) is 4.08. The molecule has 0 spiro atoms. The Kier molecular flexibility index (Phi) is 3.46. The van der Waals surface area contributed by atoms with E-state index in [4.69, 9.17) is 5.73 Å². The average Bonchev–Trinajstić information content (AvgIpc) is 2.27. The second kappa shape index (κ2) is 4.75. The lowest BCUT2D eigenvalue weighted by atomic mass is 9.75. The van der Waals surface area contributed by atoms with Crippen molar-refractivity contribution in [2.45, 2.75) is 52.5 Å². The van der Waals surface area contributed by atoms with Crippen LogP contribution < -0.4 is 10.6 Å². The lowest BCUT2D eigenvalue weighted by Gasteiger charge is -2.39. The smallest absolute Gasteiger partial charge is 0.222 e. The summed E-state index contributed by atoms with van der Waals surface area (Å²) < 4.78 is 0. The summed E-state index contributed by atoms with van der Waals surface area (Å²) in [6.07, 6.45) is 5.02. The lowest BCUT2D eigenvalue weighted by molar-refractivity contribution is 0.222. The van der Waals surface area contributed by atoms with Gasteiger partial charge in [-0.1, -0.05) is 13.8 Å². The average molecular weight is 248 g/mol. The predicted molar refractivity (Wildman–Crippen MR) is 75.6 cm³/mol. The predicted octanol–water partition coefficient (Wildman–Crippen LogP) is 2.77. The Morgan fingerprint density at radius 1 is 1.28 bits per heavy atom. The second-order valence-electron chi connectivity index (χ2n) is 6.23. The molecule has 0 bridgehead atoms. The minimum atomic E-state index is 0.369. The Morgan fingerprint density at radius 3 is 2.44 bits per heavy atom. The van der Waals surface area contributed by atoms with Crippen LogP contribution in [0.2, 0.25) is 0 Å². The van der Waals surface area contributed by atoms with Crippen molar-refractivity contribution in [3.8, 4) is 0 Å². The molecule has 1 heterocycles. The van der Waals surface area contributed by atoms with Crippen molar-refractivity contribution in [3.05, 3.63) is 11.8 Å². The van der Waals surface area contributed by atoms with Gasteiger partial charge < -0.3 is 10.6 Å². The third-order valence-corrected chi connectivity index (χ3v) is 4.08. The number of aryl methyl sites for hydroxylation is 1. The number of aromatic nitrogens is 2. The zero-order chi connectivity index (χ0) is 13.3. The van der Waals surface area contributed by atoms with Gasteiger partial charge in [-0.25, -0.2) is 4.98 Å². The summed E-state index contributed by atoms with van der Waals surface area (Å²) in [5.74, 6) is 1.32. The van der Waals surface area contributed by atoms with Gasteiger partial charge in [0.1, 0.15) is 5.82 Å². The van der Waals surface area contributed by atoms with Crippen LogP contribution in [-0.4, -0.2) is 23.1 Å². The molecule has 1 aliphatic carbocycles. The molecule has 1 aromatic rings. The molecule has 0 radical (unpaired) electrons.